The lowest BCUT2D eigenvalue weighted by atomic mass is 10.1. The number of ether oxygens (including phenoxy) is 1. The third-order valence-corrected chi connectivity index (χ3v) is 7.28. The minimum absolute atomic E-state index is 0.285. The van der Waals surface area contributed by atoms with Crippen molar-refractivity contribution in [1.82, 2.24) is 19.9 Å². The first-order valence-electron chi connectivity index (χ1n) is 10.2. The maximum Gasteiger partial charge on any atom is 0.137 e. The first-order valence-corrected chi connectivity index (χ1v) is 12.4. The second-order valence-electron chi connectivity index (χ2n) is 7.52. The van der Waals surface area contributed by atoms with Crippen LogP contribution >= 0.6 is 39.3 Å². The van der Waals surface area contributed by atoms with Gasteiger partial charge in [-0.05, 0) is 30.3 Å². The number of hydrogen-bond acceptors (Lipinski definition) is 8. The number of nitrogens with zero attached hydrogens (tertiary/aromatic N) is 4. The number of aliphatic hydroxyl groups excluding tert-OH is 1. The fraction of sp³-hybridized carbons (Fsp3) is 0.273. The summed E-state index contributed by atoms with van der Waals surface area (Å²) in [7, 11) is 1.64. The maximum absolute atomic E-state index is 10.8. The lowest BCUT2D eigenvalue weighted by Crippen LogP contribution is -2.18. The van der Waals surface area contributed by atoms with E-state index in [2.05, 4.69) is 41.2 Å². The molecule has 4 aromatic rings. The highest BCUT2D eigenvalue weighted by Crippen LogP contribution is 2.35. The molecule has 3 heterocycles. The molecule has 33 heavy (non-hydrogen) atoms. The van der Waals surface area contributed by atoms with Gasteiger partial charge < -0.3 is 20.1 Å². The molecule has 0 fully saturated rings. The number of hydrogen-bond donors (Lipinski definition) is 3. The highest BCUT2D eigenvalue weighted by Gasteiger charge is 2.23. The van der Waals surface area contributed by atoms with E-state index >= 15 is 0 Å². The summed E-state index contributed by atoms with van der Waals surface area (Å²) in [5.41, 5.74) is 3.10. The molecule has 0 radical (unpaired) electrons. The number of halogens is 2. The van der Waals surface area contributed by atoms with Crippen LogP contribution in [-0.2, 0) is 4.74 Å². The zero-order chi connectivity index (χ0) is 22.9. The van der Waals surface area contributed by atoms with Crippen molar-refractivity contribution in [2.45, 2.75) is 12.1 Å². The second kappa shape index (κ2) is 9.55. The molecule has 1 unspecified atom stereocenters. The zero-order valence-electron chi connectivity index (χ0n) is 17.5. The number of imidazole rings is 1. The smallest absolute Gasteiger partial charge is 0.137 e. The fourth-order valence-electron chi connectivity index (χ4n) is 3.75. The van der Waals surface area contributed by atoms with Crippen LogP contribution < -0.4 is 5.32 Å². The van der Waals surface area contributed by atoms with Gasteiger partial charge >= 0.3 is 0 Å². The van der Waals surface area contributed by atoms with Gasteiger partial charge in [0, 0.05) is 39.9 Å². The molecule has 0 saturated heterocycles. The van der Waals surface area contributed by atoms with E-state index in [1.807, 2.05) is 30.3 Å². The summed E-state index contributed by atoms with van der Waals surface area (Å²) < 4.78 is 6.21. The maximum atomic E-state index is 10.8. The minimum atomic E-state index is -0.786. The Bertz CT molecular complexity index is 1360. The van der Waals surface area contributed by atoms with Crippen molar-refractivity contribution in [3.63, 3.8) is 0 Å². The Kier molecular flexibility index (Phi) is 6.53. The summed E-state index contributed by atoms with van der Waals surface area (Å²) in [6, 6.07) is 9.02. The molecule has 0 saturated carbocycles. The van der Waals surface area contributed by atoms with Crippen LogP contribution in [-0.4, -0.2) is 56.1 Å². The van der Waals surface area contributed by atoms with Crippen LogP contribution in [0.2, 0.25) is 5.02 Å². The largest absolute Gasteiger partial charge is 0.382 e. The Balaban J connectivity index is 1.50. The van der Waals surface area contributed by atoms with Gasteiger partial charge in [-0.15, -0.1) is 11.8 Å². The molecule has 170 valence electrons. The summed E-state index contributed by atoms with van der Waals surface area (Å²) >= 11 is 11.3. The predicted octanol–water partition coefficient (Wildman–Crippen LogP) is 4.90. The van der Waals surface area contributed by atoms with Gasteiger partial charge in [0.15, 0.2) is 0 Å². The predicted molar refractivity (Wildman–Crippen MR) is 136 cm³/mol. The van der Waals surface area contributed by atoms with Crippen LogP contribution in [0.15, 0.2) is 46.1 Å². The Morgan fingerprint density at radius 3 is 2.94 bits per heavy atom. The Morgan fingerprint density at radius 1 is 1.27 bits per heavy atom. The molecule has 0 amide bonds. The zero-order valence-corrected chi connectivity index (χ0v) is 20.7. The highest BCUT2D eigenvalue weighted by molar-refractivity contribution is 9.10. The SMILES string of the molecule is COC[C@@H](Nc1ncnc2cc(C(O)C3=NCCS3)c(Br)cc12)c1nc2ccc(Cl)cc2[nH]1. The summed E-state index contributed by atoms with van der Waals surface area (Å²) in [4.78, 5) is 21.3. The molecule has 0 spiro atoms. The van der Waals surface area contributed by atoms with Crippen LogP contribution in [0.3, 0.4) is 0 Å². The number of aliphatic imine (C=N–C) groups is 1. The van der Waals surface area contributed by atoms with Crippen molar-refractivity contribution >= 4 is 72.1 Å². The van der Waals surface area contributed by atoms with E-state index < -0.39 is 6.10 Å². The monoisotopic (exact) mass is 546 g/mol. The van der Waals surface area contributed by atoms with Crippen LogP contribution in [0.25, 0.3) is 21.9 Å². The fourth-order valence-corrected chi connectivity index (χ4v) is 5.35. The lowest BCUT2D eigenvalue weighted by Gasteiger charge is -2.18. The number of thioether (sulfide) groups is 1. The molecule has 2 atom stereocenters. The molecule has 2 aromatic carbocycles. The van der Waals surface area contributed by atoms with Crippen LogP contribution in [0.5, 0.6) is 0 Å². The van der Waals surface area contributed by atoms with Crippen LogP contribution in [0, 0.1) is 0 Å². The van der Waals surface area contributed by atoms with Gasteiger partial charge in [0.1, 0.15) is 35.2 Å². The van der Waals surface area contributed by atoms with E-state index in [1.165, 1.54) is 6.33 Å². The number of methoxy groups -OCH3 is 1. The number of nitrogens with one attached hydrogen (secondary N) is 2. The highest BCUT2D eigenvalue weighted by atomic mass is 79.9. The quantitative estimate of drug-likeness (QED) is 0.302. The van der Waals surface area contributed by atoms with E-state index in [-0.39, 0.29) is 6.04 Å². The Labute approximate surface area is 207 Å². The van der Waals surface area contributed by atoms with E-state index in [9.17, 15) is 5.11 Å². The normalized spacial score (nSPS) is 15.7. The lowest BCUT2D eigenvalue weighted by molar-refractivity contribution is 0.184. The van der Waals surface area contributed by atoms with Crippen molar-refractivity contribution in [1.29, 1.82) is 0 Å². The Morgan fingerprint density at radius 2 is 2.15 bits per heavy atom. The molecule has 11 heteroatoms. The van der Waals surface area contributed by atoms with Crippen molar-refractivity contribution in [2.24, 2.45) is 4.99 Å². The summed E-state index contributed by atoms with van der Waals surface area (Å²) in [5, 5.41) is 16.4. The standard InChI is InChI=1S/C22H20BrClN6O2S/c1-32-9-18(21-28-15-3-2-11(24)6-17(15)29-21)30-20-13-7-14(23)12(8-16(13)26-10-27-20)19(31)22-25-4-5-33-22/h2-3,6-8,10,18-19,31H,4-5,9H2,1H3,(H,28,29)(H,26,27,30)/t18-,19?/m1/s1. The van der Waals surface area contributed by atoms with Gasteiger partial charge in [0.2, 0.25) is 0 Å². The van der Waals surface area contributed by atoms with Crippen LogP contribution in [0.1, 0.15) is 23.5 Å². The number of rotatable bonds is 7. The van der Waals surface area contributed by atoms with E-state index in [4.69, 9.17) is 21.3 Å². The molecule has 2 aromatic heterocycles. The first-order chi connectivity index (χ1) is 16.0. The number of aromatic amines is 1. The Hall–Kier alpha value is -2.24. The van der Waals surface area contributed by atoms with E-state index in [0.717, 1.165) is 43.8 Å². The third-order valence-electron chi connectivity index (χ3n) is 5.33. The van der Waals surface area contributed by atoms with E-state index in [1.54, 1.807) is 18.9 Å². The van der Waals surface area contributed by atoms with Crippen molar-refractivity contribution in [3.8, 4) is 0 Å². The number of anilines is 1. The molecule has 1 aliphatic rings. The average molecular weight is 548 g/mol. The number of aromatic nitrogens is 4. The van der Waals surface area contributed by atoms with Gasteiger partial charge in [-0.3, -0.25) is 4.99 Å². The molecular formula is C22H20BrClN6O2S. The van der Waals surface area contributed by atoms with Gasteiger partial charge in [0.05, 0.1) is 23.2 Å². The van der Waals surface area contributed by atoms with Gasteiger partial charge in [-0.1, -0.05) is 27.5 Å². The number of fused-ring (bicyclic) bond motifs is 2. The molecule has 5 rings (SSSR count). The van der Waals surface area contributed by atoms with Crippen molar-refractivity contribution < 1.29 is 9.84 Å². The van der Waals surface area contributed by atoms with Crippen molar-refractivity contribution in [2.75, 3.05) is 31.3 Å². The van der Waals surface area contributed by atoms with Crippen molar-refractivity contribution in [3.05, 3.63) is 57.5 Å². The third kappa shape index (κ3) is 4.58. The van der Waals surface area contributed by atoms with Gasteiger partial charge in [0.25, 0.3) is 0 Å². The van der Waals surface area contributed by atoms with E-state index in [0.29, 0.717) is 28.8 Å². The molecule has 1 aliphatic heterocycles. The minimum Gasteiger partial charge on any atom is -0.382 e. The summed E-state index contributed by atoms with van der Waals surface area (Å²) in [6.45, 7) is 1.10. The molecular weight excluding hydrogens is 528 g/mol. The van der Waals surface area contributed by atoms with Gasteiger partial charge in [-0.2, -0.15) is 0 Å². The number of aliphatic hydroxyl groups is 1. The van der Waals surface area contributed by atoms with Crippen LogP contribution in [0.4, 0.5) is 5.82 Å². The number of H-pyrrole nitrogens is 1. The summed E-state index contributed by atoms with van der Waals surface area (Å²) in [6.07, 6.45) is 0.713. The molecule has 8 nitrogen and oxygen atoms in total. The summed E-state index contributed by atoms with van der Waals surface area (Å²) in [5.74, 6) is 2.24. The topological polar surface area (TPSA) is 108 Å². The van der Waals surface area contributed by atoms with Gasteiger partial charge in [-0.25, -0.2) is 15.0 Å². The average Bonchev–Trinajstić information content (AvgIpc) is 3.48. The molecule has 0 bridgehead atoms. The molecule has 0 aliphatic carbocycles. The molecule has 3 N–H and O–H groups in total. The first kappa shape index (κ1) is 22.5. The second-order valence-corrected chi connectivity index (χ2v) is 9.93. The number of benzene rings is 2.